The maximum atomic E-state index is 11.9. The van der Waals surface area contributed by atoms with Gasteiger partial charge in [0.1, 0.15) is 10.8 Å². The summed E-state index contributed by atoms with van der Waals surface area (Å²) >= 11 is 5.61. The third-order valence-corrected chi connectivity index (χ3v) is 2.54. The number of amides is 1. The van der Waals surface area contributed by atoms with Crippen LogP contribution in [0.15, 0.2) is 36.7 Å². The molecule has 1 heterocycles. The molecular weight excluding hydrogens is 266 g/mol. The van der Waals surface area contributed by atoms with Crippen molar-refractivity contribution in [3.05, 3.63) is 53.1 Å². The molecule has 0 unspecified atom stereocenters. The molecule has 6 heteroatoms. The molecule has 19 heavy (non-hydrogen) atoms. The molecule has 0 saturated carbocycles. The minimum atomic E-state index is -0.335. The van der Waals surface area contributed by atoms with E-state index < -0.39 is 0 Å². The fraction of sp³-hybridized carbons (Fsp3) is 0.154. The average molecular weight is 278 g/mol. The zero-order valence-electron chi connectivity index (χ0n) is 10.3. The summed E-state index contributed by atoms with van der Waals surface area (Å²) in [6, 6.07) is 7.39. The number of carbonyl (C=O) groups excluding carboxylic acids is 1. The van der Waals surface area contributed by atoms with Gasteiger partial charge in [0.2, 0.25) is 0 Å². The summed E-state index contributed by atoms with van der Waals surface area (Å²) < 4.78 is 5.04. The van der Waals surface area contributed by atoms with Gasteiger partial charge in [-0.2, -0.15) is 0 Å². The second-order valence-corrected chi connectivity index (χ2v) is 4.20. The van der Waals surface area contributed by atoms with Crippen molar-refractivity contribution in [2.24, 2.45) is 0 Å². The lowest BCUT2D eigenvalue weighted by atomic mass is 10.2. The zero-order valence-corrected chi connectivity index (χ0v) is 11.0. The van der Waals surface area contributed by atoms with Crippen molar-refractivity contribution >= 4 is 23.2 Å². The lowest BCUT2D eigenvalue weighted by molar-refractivity contribution is 0.102. The molecule has 0 saturated heterocycles. The normalized spacial score (nSPS) is 10.2. The number of hydrogen-bond acceptors (Lipinski definition) is 4. The average Bonchev–Trinajstić information content (AvgIpc) is 2.40. The van der Waals surface area contributed by atoms with Gasteiger partial charge in [-0.05, 0) is 17.7 Å². The van der Waals surface area contributed by atoms with E-state index in [0.717, 1.165) is 5.56 Å². The van der Waals surface area contributed by atoms with Crippen molar-refractivity contribution in [3.8, 4) is 0 Å². The molecule has 1 amide bonds. The van der Waals surface area contributed by atoms with E-state index >= 15 is 0 Å². The van der Waals surface area contributed by atoms with E-state index in [1.807, 2.05) is 18.2 Å². The fourth-order valence-corrected chi connectivity index (χ4v) is 1.63. The van der Waals surface area contributed by atoms with Crippen molar-refractivity contribution in [3.63, 3.8) is 0 Å². The zero-order chi connectivity index (χ0) is 13.7. The number of hydrogen-bond donors (Lipinski definition) is 1. The summed E-state index contributed by atoms with van der Waals surface area (Å²) in [7, 11) is 1.62. The van der Waals surface area contributed by atoms with Crippen LogP contribution < -0.4 is 5.32 Å². The van der Waals surface area contributed by atoms with Crippen LogP contribution in [-0.2, 0) is 11.3 Å². The molecule has 0 fully saturated rings. The monoisotopic (exact) mass is 277 g/mol. The Kier molecular flexibility index (Phi) is 4.43. The van der Waals surface area contributed by atoms with Gasteiger partial charge in [0.05, 0.1) is 19.0 Å². The summed E-state index contributed by atoms with van der Waals surface area (Å²) in [6.45, 7) is 0.491. The van der Waals surface area contributed by atoms with Crippen LogP contribution in [0.3, 0.4) is 0 Å². The van der Waals surface area contributed by atoms with Gasteiger partial charge in [-0.1, -0.05) is 23.7 Å². The number of ether oxygens (including phenoxy) is 1. The summed E-state index contributed by atoms with van der Waals surface area (Å²) in [5, 5.41) is 2.99. The number of rotatable bonds is 4. The third kappa shape index (κ3) is 3.74. The largest absolute Gasteiger partial charge is 0.380 e. The number of benzene rings is 1. The molecule has 0 aliphatic carbocycles. The molecule has 0 aliphatic heterocycles. The number of nitrogens with zero attached hydrogens (tertiary/aromatic N) is 2. The lowest BCUT2D eigenvalue weighted by Crippen LogP contribution is -2.14. The predicted molar refractivity (Wildman–Crippen MR) is 72.2 cm³/mol. The van der Waals surface area contributed by atoms with Crippen LogP contribution in [0.2, 0.25) is 5.15 Å². The molecular formula is C13H12ClN3O2. The summed E-state index contributed by atoms with van der Waals surface area (Å²) in [6.07, 6.45) is 2.66. The molecule has 0 atom stereocenters. The summed E-state index contributed by atoms with van der Waals surface area (Å²) in [4.78, 5) is 19.6. The number of aromatic nitrogens is 2. The Morgan fingerprint density at radius 1 is 1.37 bits per heavy atom. The van der Waals surface area contributed by atoms with Crippen LogP contribution in [0.25, 0.3) is 0 Å². The number of nitrogens with one attached hydrogen (secondary N) is 1. The van der Waals surface area contributed by atoms with Crippen molar-refractivity contribution in [2.45, 2.75) is 6.61 Å². The minimum Gasteiger partial charge on any atom is -0.380 e. The highest BCUT2D eigenvalue weighted by molar-refractivity contribution is 6.29. The SMILES string of the molecule is COCc1cccc(NC(=O)c2cnc(Cl)cn2)c1. The maximum absolute atomic E-state index is 11.9. The molecule has 0 spiro atoms. The van der Waals surface area contributed by atoms with Gasteiger partial charge < -0.3 is 10.1 Å². The van der Waals surface area contributed by atoms with Crippen LogP contribution in [-0.4, -0.2) is 23.0 Å². The molecule has 0 aliphatic rings. The minimum absolute atomic E-state index is 0.210. The fourth-order valence-electron chi connectivity index (χ4n) is 1.53. The predicted octanol–water partition coefficient (Wildman–Crippen LogP) is 2.53. The number of anilines is 1. The smallest absolute Gasteiger partial charge is 0.275 e. The first-order valence-electron chi connectivity index (χ1n) is 5.56. The second-order valence-electron chi connectivity index (χ2n) is 3.81. The van der Waals surface area contributed by atoms with Gasteiger partial charge in [0.25, 0.3) is 5.91 Å². The number of halogens is 1. The molecule has 5 nitrogen and oxygen atoms in total. The second kappa shape index (κ2) is 6.26. The Labute approximate surface area is 115 Å². The van der Waals surface area contributed by atoms with E-state index in [9.17, 15) is 4.79 Å². The lowest BCUT2D eigenvalue weighted by Gasteiger charge is -2.06. The molecule has 1 N–H and O–H groups in total. The molecule has 98 valence electrons. The summed E-state index contributed by atoms with van der Waals surface area (Å²) in [5.41, 5.74) is 1.86. The van der Waals surface area contributed by atoms with Gasteiger partial charge >= 0.3 is 0 Å². The van der Waals surface area contributed by atoms with Crippen LogP contribution in [0.4, 0.5) is 5.69 Å². The van der Waals surface area contributed by atoms with E-state index in [1.54, 1.807) is 13.2 Å². The highest BCUT2D eigenvalue weighted by atomic mass is 35.5. The Balaban J connectivity index is 2.10. The highest BCUT2D eigenvalue weighted by Gasteiger charge is 2.08. The Hall–Kier alpha value is -1.98. The van der Waals surface area contributed by atoms with E-state index in [0.29, 0.717) is 12.3 Å². The number of carbonyl (C=O) groups is 1. The highest BCUT2D eigenvalue weighted by Crippen LogP contribution is 2.12. The van der Waals surface area contributed by atoms with Crippen LogP contribution in [0, 0.1) is 0 Å². The van der Waals surface area contributed by atoms with E-state index in [1.165, 1.54) is 12.4 Å². The molecule has 2 aromatic rings. The van der Waals surface area contributed by atoms with Crippen molar-refractivity contribution in [1.82, 2.24) is 9.97 Å². The Morgan fingerprint density at radius 3 is 2.89 bits per heavy atom. The third-order valence-electron chi connectivity index (χ3n) is 2.35. The Morgan fingerprint density at radius 2 is 2.21 bits per heavy atom. The molecule has 2 rings (SSSR count). The first kappa shape index (κ1) is 13.5. The maximum Gasteiger partial charge on any atom is 0.275 e. The Bertz CT molecular complexity index is 572. The summed E-state index contributed by atoms with van der Waals surface area (Å²) in [5.74, 6) is -0.335. The van der Waals surface area contributed by atoms with Crippen molar-refractivity contribution in [2.75, 3.05) is 12.4 Å². The molecule has 1 aromatic carbocycles. The molecule has 0 radical (unpaired) electrons. The van der Waals surface area contributed by atoms with Crippen LogP contribution >= 0.6 is 11.6 Å². The van der Waals surface area contributed by atoms with Gasteiger partial charge in [0, 0.05) is 12.8 Å². The number of methoxy groups -OCH3 is 1. The van der Waals surface area contributed by atoms with E-state index in [4.69, 9.17) is 16.3 Å². The van der Waals surface area contributed by atoms with E-state index in [2.05, 4.69) is 15.3 Å². The topological polar surface area (TPSA) is 64.1 Å². The van der Waals surface area contributed by atoms with Crippen LogP contribution in [0.5, 0.6) is 0 Å². The first-order valence-corrected chi connectivity index (χ1v) is 5.93. The van der Waals surface area contributed by atoms with Crippen LogP contribution in [0.1, 0.15) is 16.1 Å². The quantitative estimate of drug-likeness (QED) is 0.933. The van der Waals surface area contributed by atoms with Gasteiger partial charge in [-0.15, -0.1) is 0 Å². The first-order chi connectivity index (χ1) is 9.19. The standard InChI is InChI=1S/C13H12ClN3O2/c1-19-8-9-3-2-4-10(5-9)17-13(18)11-6-16-12(14)7-15-11/h2-7H,8H2,1H3,(H,17,18). The van der Waals surface area contributed by atoms with Crippen molar-refractivity contribution in [1.29, 1.82) is 0 Å². The molecule has 0 bridgehead atoms. The van der Waals surface area contributed by atoms with Gasteiger partial charge in [0.15, 0.2) is 0 Å². The van der Waals surface area contributed by atoms with Crippen molar-refractivity contribution < 1.29 is 9.53 Å². The van der Waals surface area contributed by atoms with Gasteiger partial charge in [-0.25, -0.2) is 9.97 Å². The van der Waals surface area contributed by atoms with Gasteiger partial charge in [-0.3, -0.25) is 4.79 Å². The molecule has 1 aromatic heterocycles. The van der Waals surface area contributed by atoms with E-state index in [-0.39, 0.29) is 16.8 Å².